The van der Waals surface area contributed by atoms with Crippen molar-refractivity contribution in [3.8, 4) is 0 Å². The quantitative estimate of drug-likeness (QED) is 0.465. The van der Waals surface area contributed by atoms with Gasteiger partial charge in [-0.15, -0.1) is 0 Å². The zero-order valence-electron chi connectivity index (χ0n) is 14.2. The molecular weight excluding hydrogens is 483 g/mol. The van der Waals surface area contributed by atoms with Gasteiger partial charge in [-0.25, -0.2) is 0 Å². The van der Waals surface area contributed by atoms with Gasteiger partial charge in [0, 0.05) is 0 Å². The van der Waals surface area contributed by atoms with Crippen LogP contribution in [0.5, 0.6) is 0 Å². The topological polar surface area (TPSA) is 24.9 Å². The van der Waals surface area contributed by atoms with Crippen molar-refractivity contribution in [3.63, 3.8) is 0 Å². The van der Waals surface area contributed by atoms with Crippen LogP contribution < -0.4 is 0 Å². The van der Waals surface area contributed by atoms with Crippen molar-refractivity contribution >= 4 is 22.7 Å². The molecule has 0 amide bonds. The first-order chi connectivity index (χ1) is 11.4. The van der Waals surface area contributed by atoms with E-state index in [4.69, 9.17) is 5.37 Å². The zero-order chi connectivity index (χ0) is 15.0. The fourth-order valence-corrected chi connectivity index (χ4v) is 25.1. The fraction of sp³-hybridized carbons (Fsp3) is 1.00. The Morgan fingerprint density at radius 2 is 1.09 bits per heavy atom. The first kappa shape index (κ1) is 14.9. The van der Waals surface area contributed by atoms with Crippen LogP contribution in [0.15, 0.2) is 0 Å². The summed E-state index contributed by atoms with van der Waals surface area (Å²) in [4.78, 5) is 0. The predicted octanol–water partition coefficient (Wildman–Crippen LogP) is 2.75. The van der Waals surface area contributed by atoms with Crippen LogP contribution in [0, 0.1) is 11.8 Å². The maximum atomic E-state index is 7.06. The minimum atomic E-state index is -3.39. The molecule has 0 radical (unpaired) electrons. The van der Waals surface area contributed by atoms with Crippen molar-refractivity contribution in [1.82, 2.24) is 5.42 Å². The molecule has 0 aromatic carbocycles. The van der Waals surface area contributed by atoms with Crippen LogP contribution in [-0.4, -0.2) is 65.5 Å². The molecule has 4 aliphatic heterocycles. The van der Waals surface area contributed by atoms with Crippen molar-refractivity contribution < 1.29 is 5.37 Å². The summed E-state index contributed by atoms with van der Waals surface area (Å²) in [6.45, 7) is 2.56. The maximum absolute atomic E-state index is 7.06. The summed E-state index contributed by atoms with van der Waals surface area (Å²) in [5.41, 5.74) is 0. The summed E-state index contributed by atoms with van der Waals surface area (Å²) in [6, 6.07) is 1.47. The van der Waals surface area contributed by atoms with E-state index in [2.05, 4.69) is 5.42 Å². The van der Waals surface area contributed by atoms with Gasteiger partial charge in [0.05, 0.1) is 0 Å². The second-order valence-electron chi connectivity index (χ2n) is 8.90. The number of fused-ring (bicyclic) bond motifs is 2. The molecule has 23 heavy (non-hydrogen) atoms. The Hall–Kier alpha value is 0.762. The van der Waals surface area contributed by atoms with E-state index in [1.54, 1.807) is 0 Å². The summed E-state index contributed by atoms with van der Waals surface area (Å²) in [6.07, 6.45) is 15.0. The molecule has 6 fully saturated rings. The molecule has 0 aromatic heterocycles. The molecule has 6 atom stereocenters. The minimum absolute atomic E-state index is 0.524. The molecule has 4 nitrogen and oxygen atoms in total. The van der Waals surface area contributed by atoms with Gasteiger partial charge in [-0.2, -0.15) is 0 Å². The fourth-order valence-electron chi connectivity index (χ4n) is 7.11. The number of nitrogens with zero attached hydrogens (tertiary/aromatic N) is 2. The van der Waals surface area contributed by atoms with Crippen LogP contribution in [0.25, 0.3) is 0 Å². The Labute approximate surface area is 146 Å². The van der Waals surface area contributed by atoms with Crippen LogP contribution >= 0.6 is 0 Å². The Bertz CT molecular complexity index is 455. The molecule has 128 valence electrons. The van der Waals surface area contributed by atoms with E-state index >= 15 is 0 Å². The van der Waals surface area contributed by atoms with Crippen LogP contribution in [0.3, 0.4) is 0 Å². The van der Waals surface area contributed by atoms with Gasteiger partial charge >= 0.3 is 147 Å². The molecule has 4 saturated heterocycles. The van der Waals surface area contributed by atoms with Crippen molar-refractivity contribution in [2.24, 2.45) is 11.8 Å². The average molecular weight is 514 g/mol. The van der Waals surface area contributed by atoms with Crippen molar-refractivity contribution in [2.45, 2.75) is 88.5 Å². The molecule has 0 aromatic rings. The summed E-state index contributed by atoms with van der Waals surface area (Å²) in [7, 11) is 0. The van der Waals surface area contributed by atoms with Crippen molar-refractivity contribution in [1.29, 1.82) is 0 Å². The van der Waals surface area contributed by atoms with Gasteiger partial charge in [0.15, 0.2) is 0 Å². The first-order valence-corrected chi connectivity index (χ1v) is 16.9. The average Bonchev–Trinajstić information content (AvgIpc) is 3.08. The third kappa shape index (κ3) is 1.96. The Kier molecular flexibility index (Phi) is 3.48. The molecule has 2 saturated carbocycles. The van der Waals surface area contributed by atoms with E-state index in [-0.39, 0.29) is 0 Å². The molecule has 4 heterocycles. The van der Waals surface area contributed by atoms with Crippen LogP contribution in [0.2, 0.25) is 0 Å². The normalized spacial score (nSPS) is 55.8. The summed E-state index contributed by atoms with van der Waals surface area (Å²) >= 11 is -3.39. The SMILES string of the molecule is C1CC2CCC[N]3C2C(C1)[O][Pb]31[O]C2CCCC3CCC[N]1C32. The van der Waals surface area contributed by atoms with Gasteiger partial charge < -0.3 is 0 Å². The molecule has 6 aliphatic rings. The van der Waals surface area contributed by atoms with Gasteiger partial charge in [0.1, 0.15) is 0 Å². The third-order valence-electron chi connectivity index (χ3n) is 7.86. The van der Waals surface area contributed by atoms with E-state index in [1.807, 2.05) is 0 Å². The summed E-state index contributed by atoms with van der Waals surface area (Å²) < 4.78 is 19.9. The van der Waals surface area contributed by atoms with Crippen LogP contribution in [0.4, 0.5) is 0 Å². The van der Waals surface area contributed by atoms with E-state index in [0.717, 1.165) is 23.9 Å². The molecule has 2 aliphatic carbocycles. The first-order valence-electron chi connectivity index (χ1n) is 10.3. The van der Waals surface area contributed by atoms with Gasteiger partial charge in [-0.05, 0) is 0 Å². The molecule has 0 bridgehead atoms. The number of hydrogen-bond donors (Lipinski definition) is 0. The van der Waals surface area contributed by atoms with E-state index in [1.165, 1.54) is 77.3 Å². The summed E-state index contributed by atoms with van der Waals surface area (Å²) in [5.74, 6) is 1.82. The van der Waals surface area contributed by atoms with Crippen molar-refractivity contribution in [3.05, 3.63) is 0 Å². The molecular formula is C18H30N2O2Pb. The second kappa shape index (κ2) is 5.38. The zero-order valence-corrected chi connectivity index (χ0v) is 18.0. The second-order valence-corrected chi connectivity index (χ2v) is 19.5. The van der Waals surface area contributed by atoms with Gasteiger partial charge in [-0.1, -0.05) is 0 Å². The van der Waals surface area contributed by atoms with Gasteiger partial charge in [-0.3, -0.25) is 0 Å². The Morgan fingerprint density at radius 1 is 0.609 bits per heavy atom. The number of piperidine rings is 2. The van der Waals surface area contributed by atoms with Crippen LogP contribution in [-0.2, 0) is 5.37 Å². The van der Waals surface area contributed by atoms with Gasteiger partial charge in [0.2, 0.25) is 0 Å². The molecule has 1 spiro atoms. The Balaban J connectivity index is 1.41. The molecule has 0 N–H and O–H groups in total. The third-order valence-corrected chi connectivity index (χ3v) is 22.3. The molecule has 6 unspecified atom stereocenters. The van der Waals surface area contributed by atoms with E-state index < -0.39 is 22.7 Å². The number of hydrogen-bond acceptors (Lipinski definition) is 4. The standard InChI is InChI=1S/2C9H15NO.Pb/c2*11-8-5-1-3-7-4-2-6-10-9(7)8;/h2*7-9H,1-6H2;/q2*-2;+4. The van der Waals surface area contributed by atoms with Crippen LogP contribution in [0.1, 0.15) is 64.2 Å². The number of rotatable bonds is 0. The predicted molar refractivity (Wildman–Crippen MR) is 89.6 cm³/mol. The summed E-state index contributed by atoms with van der Waals surface area (Å²) in [5, 5.41) is 0. The molecule has 6 rings (SSSR count). The monoisotopic (exact) mass is 514 g/mol. The van der Waals surface area contributed by atoms with Crippen molar-refractivity contribution in [2.75, 3.05) is 13.1 Å². The van der Waals surface area contributed by atoms with Gasteiger partial charge in [0.25, 0.3) is 0 Å². The van der Waals surface area contributed by atoms with E-state index in [0.29, 0.717) is 12.2 Å². The van der Waals surface area contributed by atoms with E-state index in [9.17, 15) is 0 Å². The Morgan fingerprint density at radius 3 is 1.61 bits per heavy atom. The molecule has 5 heteroatoms.